The number of carbonyl (C=O) groups is 1. The van der Waals surface area contributed by atoms with Gasteiger partial charge in [0, 0.05) is 25.5 Å². The van der Waals surface area contributed by atoms with Crippen LogP contribution in [0.15, 0.2) is 52.9 Å². The van der Waals surface area contributed by atoms with Gasteiger partial charge < -0.3 is 14.1 Å². The van der Waals surface area contributed by atoms with E-state index in [9.17, 15) is 9.18 Å². The zero-order valence-corrected chi connectivity index (χ0v) is 15.9. The molecule has 0 aliphatic rings. The van der Waals surface area contributed by atoms with Crippen LogP contribution in [0.25, 0.3) is 11.5 Å². The molecule has 0 fully saturated rings. The van der Waals surface area contributed by atoms with E-state index in [1.807, 2.05) is 31.2 Å². The fourth-order valence-electron chi connectivity index (χ4n) is 2.53. The average Bonchev–Trinajstić information content (AvgIpc) is 3.17. The highest BCUT2D eigenvalue weighted by molar-refractivity contribution is 5.76. The molecule has 7 heteroatoms. The Morgan fingerprint density at radius 2 is 1.82 bits per heavy atom. The third-order valence-electron chi connectivity index (χ3n) is 4.25. The molecule has 0 atom stereocenters. The Labute approximate surface area is 163 Å². The molecule has 1 heterocycles. The highest BCUT2D eigenvalue weighted by Gasteiger charge is 2.13. The van der Waals surface area contributed by atoms with Gasteiger partial charge in [0.15, 0.2) is 0 Å². The molecule has 3 rings (SSSR count). The van der Waals surface area contributed by atoms with Crippen molar-refractivity contribution >= 4 is 5.91 Å². The van der Waals surface area contributed by atoms with Gasteiger partial charge in [-0.1, -0.05) is 17.7 Å². The van der Waals surface area contributed by atoms with Crippen molar-refractivity contribution in [2.75, 3.05) is 20.2 Å². The van der Waals surface area contributed by atoms with E-state index >= 15 is 0 Å². The molecule has 3 aromatic rings. The first-order chi connectivity index (χ1) is 13.5. The molecule has 0 N–H and O–H groups in total. The van der Waals surface area contributed by atoms with Crippen LogP contribution in [-0.4, -0.2) is 41.2 Å². The Hall–Kier alpha value is -3.22. The van der Waals surface area contributed by atoms with E-state index in [1.165, 1.54) is 12.1 Å². The molecule has 0 saturated heterocycles. The highest BCUT2D eigenvalue weighted by Crippen LogP contribution is 2.19. The Kier molecular flexibility index (Phi) is 6.37. The van der Waals surface area contributed by atoms with Gasteiger partial charge in [-0.2, -0.15) is 0 Å². The predicted octanol–water partition coefficient (Wildman–Crippen LogP) is 3.65. The molecule has 0 radical (unpaired) electrons. The van der Waals surface area contributed by atoms with Crippen molar-refractivity contribution in [3.8, 4) is 17.2 Å². The number of nitrogens with zero attached hydrogens (tertiary/aromatic N) is 3. The zero-order valence-electron chi connectivity index (χ0n) is 15.9. The summed E-state index contributed by atoms with van der Waals surface area (Å²) in [5.41, 5.74) is 2.01. The maximum atomic E-state index is 12.9. The minimum Gasteiger partial charge on any atom is -0.492 e. The molecule has 0 unspecified atom stereocenters. The molecule has 0 bridgehead atoms. The number of rotatable bonds is 8. The minimum atomic E-state index is -0.314. The second-order valence-electron chi connectivity index (χ2n) is 6.48. The van der Waals surface area contributed by atoms with Crippen LogP contribution in [0.3, 0.4) is 0 Å². The molecule has 0 aliphatic heterocycles. The highest BCUT2D eigenvalue weighted by atomic mass is 19.1. The smallest absolute Gasteiger partial charge is 0.247 e. The van der Waals surface area contributed by atoms with E-state index in [4.69, 9.17) is 9.15 Å². The number of carbonyl (C=O) groups excluding carboxylic acids is 1. The van der Waals surface area contributed by atoms with Gasteiger partial charge >= 0.3 is 0 Å². The Morgan fingerprint density at radius 1 is 1.11 bits per heavy atom. The quantitative estimate of drug-likeness (QED) is 0.594. The molecule has 0 saturated carbocycles. The predicted molar refractivity (Wildman–Crippen MR) is 102 cm³/mol. The molecule has 28 heavy (non-hydrogen) atoms. The maximum Gasteiger partial charge on any atom is 0.247 e. The van der Waals surface area contributed by atoms with E-state index in [0.29, 0.717) is 37.1 Å². The fourth-order valence-corrected chi connectivity index (χ4v) is 2.53. The van der Waals surface area contributed by atoms with Crippen LogP contribution >= 0.6 is 0 Å². The number of ether oxygens (including phenoxy) is 1. The van der Waals surface area contributed by atoms with Gasteiger partial charge in [0.05, 0.1) is 6.54 Å². The van der Waals surface area contributed by atoms with Gasteiger partial charge in [-0.3, -0.25) is 4.79 Å². The fraction of sp³-hybridized carbons (Fsp3) is 0.286. The number of hydrogen-bond acceptors (Lipinski definition) is 5. The lowest BCUT2D eigenvalue weighted by Gasteiger charge is -2.17. The number of likely N-dealkylation sites (N-methyl/N-ethyl adjacent to an activating group) is 1. The van der Waals surface area contributed by atoms with Gasteiger partial charge in [-0.15, -0.1) is 10.2 Å². The van der Waals surface area contributed by atoms with Crippen molar-refractivity contribution in [2.24, 2.45) is 0 Å². The standard InChI is InChI=1S/C21H22FN3O3/c1-15-3-5-16(6-4-15)21-24-23-19(28-21)11-12-20(26)25(2)13-14-27-18-9-7-17(22)8-10-18/h3-10H,11-14H2,1-2H3. The lowest BCUT2D eigenvalue weighted by atomic mass is 10.1. The third-order valence-corrected chi connectivity index (χ3v) is 4.25. The molecule has 6 nitrogen and oxygen atoms in total. The SMILES string of the molecule is Cc1ccc(-c2nnc(CCC(=O)N(C)CCOc3ccc(F)cc3)o2)cc1. The van der Waals surface area contributed by atoms with Crippen molar-refractivity contribution in [3.63, 3.8) is 0 Å². The van der Waals surface area contributed by atoms with Crippen LogP contribution in [0, 0.1) is 12.7 Å². The van der Waals surface area contributed by atoms with E-state index in [-0.39, 0.29) is 18.1 Å². The van der Waals surface area contributed by atoms with E-state index < -0.39 is 0 Å². The summed E-state index contributed by atoms with van der Waals surface area (Å²) < 4.78 is 24.0. The number of benzene rings is 2. The van der Waals surface area contributed by atoms with Crippen molar-refractivity contribution in [1.82, 2.24) is 15.1 Å². The van der Waals surface area contributed by atoms with Crippen LogP contribution in [0.4, 0.5) is 4.39 Å². The molecule has 0 aliphatic carbocycles. The summed E-state index contributed by atoms with van der Waals surface area (Å²) >= 11 is 0. The van der Waals surface area contributed by atoms with Gasteiger partial charge in [-0.05, 0) is 43.3 Å². The normalized spacial score (nSPS) is 10.7. The monoisotopic (exact) mass is 383 g/mol. The number of hydrogen-bond donors (Lipinski definition) is 0. The lowest BCUT2D eigenvalue weighted by molar-refractivity contribution is -0.130. The summed E-state index contributed by atoms with van der Waals surface area (Å²) in [4.78, 5) is 13.8. The third kappa shape index (κ3) is 5.39. The topological polar surface area (TPSA) is 68.5 Å². The van der Waals surface area contributed by atoms with E-state index in [1.54, 1.807) is 24.1 Å². The molecule has 2 aromatic carbocycles. The van der Waals surface area contributed by atoms with Crippen molar-refractivity contribution in [2.45, 2.75) is 19.8 Å². The van der Waals surface area contributed by atoms with Gasteiger partial charge in [-0.25, -0.2) is 4.39 Å². The zero-order chi connectivity index (χ0) is 19.9. The molecule has 1 aromatic heterocycles. The first-order valence-corrected chi connectivity index (χ1v) is 9.03. The molecule has 146 valence electrons. The van der Waals surface area contributed by atoms with E-state index in [2.05, 4.69) is 10.2 Å². The van der Waals surface area contributed by atoms with Crippen LogP contribution in [-0.2, 0) is 11.2 Å². The number of aryl methyl sites for hydroxylation is 2. The van der Waals surface area contributed by atoms with Gasteiger partial charge in [0.1, 0.15) is 18.2 Å². The van der Waals surface area contributed by atoms with Crippen LogP contribution < -0.4 is 4.74 Å². The second kappa shape index (κ2) is 9.12. The Balaban J connectivity index is 1.43. The summed E-state index contributed by atoms with van der Waals surface area (Å²) in [7, 11) is 1.71. The van der Waals surface area contributed by atoms with Crippen molar-refractivity contribution < 1.29 is 18.3 Å². The maximum absolute atomic E-state index is 12.9. The average molecular weight is 383 g/mol. The molecule has 0 spiro atoms. The van der Waals surface area contributed by atoms with Gasteiger partial charge in [0.25, 0.3) is 0 Å². The summed E-state index contributed by atoms with van der Waals surface area (Å²) in [6.45, 7) is 2.76. The first-order valence-electron chi connectivity index (χ1n) is 9.03. The minimum absolute atomic E-state index is 0.0437. The summed E-state index contributed by atoms with van der Waals surface area (Å²) in [5, 5.41) is 8.05. The number of halogens is 1. The Morgan fingerprint density at radius 3 is 2.54 bits per heavy atom. The van der Waals surface area contributed by atoms with E-state index in [0.717, 1.165) is 11.1 Å². The second-order valence-corrected chi connectivity index (χ2v) is 6.48. The van der Waals surface area contributed by atoms with Crippen LogP contribution in [0.5, 0.6) is 5.75 Å². The molecular weight excluding hydrogens is 361 g/mol. The summed E-state index contributed by atoms with van der Waals surface area (Å²) in [6, 6.07) is 13.6. The van der Waals surface area contributed by atoms with Gasteiger partial charge in [0.2, 0.25) is 17.7 Å². The number of aromatic nitrogens is 2. The Bertz CT molecular complexity index is 907. The molecular formula is C21H22FN3O3. The van der Waals surface area contributed by atoms with Crippen LogP contribution in [0.2, 0.25) is 0 Å². The van der Waals surface area contributed by atoms with Crippen molar-refractivity contribution in [1.29, 1.82) is 0 Å². The number of amides is 1. The summed E-state index contributed by atoms with van der Waals surface area (Å²) in [5.74, 6) is 1.09. The van der Waals surface area contributed by atoms with Crippen LogP contribution in [0.1, 0.15) is 17.9 Å². The lowest BCUT2D eigenvalue weighted by Crippen LogP contribution is -2.31. The van der Waals surface area contributed by atoms with Crippen molar-refractivity contribution in [3.05, 3.63) is 65.8 Å². The molecule has 1 amide bonds. The first kappa shape index (κ1) is 19.5. The summed E-state index contributed by atoms with van der Waals surface area (Å²) in [6.07, 6.45) is 0.642. The largest absolute Gasteiger partial charge is 0.492 e.